The Morgan fingerprint density at radius 1 is 1.10 bits per heavy atom. The smallest absolute Gasteiger partial charge is 0.119 e. The van der Waals surface area contributed by atoms with E-state index < -0.39 is 0 Å². The van der Waals surface area contributed by atoms with Crippen molar-refractivity contribution in [2.24, 2.45) is 0 Å². The fourth-order valence-corrected chi connectivity index (χ4v) is 2.04. The van der Waals surface area contributed by atoms with Crippen LogP contribution in [-0.4, -0.2) is 6.54 Å². The molecule has 0 amide bonds. The first-order valence-electron chi connectivity index (χ1n) is 7.29. The highest BCUT2D eigenvalue weighted by atomic mass is 16.5. The Bertz CT molecular complexity index is 560. The Kier molecular flexibility index (Phi) is 5.59. The third-order valence-electron chi connectivity index (χ3n) is 3.34. The molecule has 1 unspecified atom stereocenters. The summed E-state index contributed by atoms with van der Waals surface area (Å²) in [6.45, 7) is 9.53. The van der Waals surface area contributed by atoms with Gasteiger partial charge in [0.05, 0.1) is 0 Å². The van der Waals surface area contributed by atoms with Crippen LogP contribution in [0, 0.1) is 0 Å². The lowest BCUT2D eigenvalue weighted by Crippen LogP contribution is -2.20. The predicted molar refractivity (Wildman–Crippen MR) is 88.4 cm³/mol. The van der Waals surface area contributed by atoms with Gasteiger partial charge in [-0.2, -0.15) is 0 Å². The summed E-state index contributed by atoms with van der Waals surface area (Å²) in [5.41, 5.74) is 3.58. The minimum Gasteiger partial charge on any atom is -0.489 e. The Morgan fingerprint density at radius 3 is 2.38 bits per heavy atom. The molecule has 0 fully saturated rings. The van der Waals surface area contributed by atoms with Gasteiger partial charge in [-0.25, -0.2) is 0 Å². The maximum Gasteiger partial charge on any atom is 0.119 e. The highest BCUT2D eigenvalue weighted by Gasteiger charge is 2.04. The summed E-state index contributed by atoms with van der Waals surface area (Å²) in [7, 11) is 0. The summed E-state index contributed by atoms with van der Waals surface area (Å²) in [6, 6.07) is 18.8. The molecule has 0 aliphatic rings. The van der Waals surface area contributed by atoms with Gasteiger partial charge in [-0.3, -0.25) is 0 Å². The Labute approximate surface area is 127 Å². The molecule has 0 bridgehead atoms. The highest BCUT2D eigenvalue weighted by molar-refractivity contribution is 5.29. The van der Waals surface area contributed by atoms with E-state index in [1.54, 1.807) is 0 Å². The van der Waals surface area contributed by atoms with Crippen molar-refractivity contribution < 1.29 is 4.74 Å². The molecule has 0 heterocycles. The van der Waals surface area contributed by atoms with E-state index in [-0.39, 0.29) is 0 Å². The van der Waals surface area contributed by atoms with Gasteiger partial charge in [0.2, 0.25) is 0 Å². The second kappa shape index (κ2) is 7.65. The van der Waals surface area contributed by atoms with Crippen LogP contribution in [0.25, 0.3) is 0 Å². The van der Waals surface area contributed by atoms with E-state index in [0.29, 0.717) is 12.6 Å². The van der Waals surface area contributed by atoms with Crippen molar-refractivity contribution in [2.75, 3.05) is 6.54 Å². The van der Waals surface area contributed by atoms with Crippen molar-refractivity contribution in [1.29, 1.82) is 0 Å². The van der Waals surface area contributed by atoms with E-state index in [4.69, 9.17) is 4.74 Å². The van der Waals surface area contributed by atoms with Crippen LogP contribution >= 0.6 is 0 Å². The lowest BCUT2D eigenvalue weighted by molar-refractivity contribution is 0.306. The number of nitrogens with one attached hydrogen (secondary N) is 1. The SMILES string of the molecule is C=C(C)CNC(C)c1ccc(OCc2ccccc2)cc1. The van der Waals surface area contributed by atoms with Crippen LogP contribution in [0.3, 0.4) is 0 Å². The molecule has 2 nitrogen and oxygen atoms in total. The molecule has 0 saturated heterocycles. The minimum absolute atomic E-state index is 0.310. The van der Waals surface area contributed by atoms with Gasteiger partial charge >= 0.3 is 0 Å². The molecule has 21 heavy (non-hydrogen) atoms. The van der Waals surface area contributed by atoms with Gasteiger partial charge in [-0.15, -0.1) is 0 Å². The van der Waals surface area contributed by atoms with E-state index >= 15 is 0 Å². The second-order valence-corrected chi connectivity index (χ2v) is 5.40. The Hall–Kier alpha value is -2.06. The molecule has 110 valence electrons. The molecule has 0 aliphatic heterocycles. The quantitative estimate of drug-likeness (QED) is 0.755. The van der Waals surface area contributed by atoms with E-state index in [0.717, 1.165) is 17.9 Å². The fraction of sp³-hybridized carbons (Fsp3) is 0.263. The maximum atomic E-state index is 5.79. The first-order valence-corrected chi connectivity index (χ1v) is 7.29. The molecule has 2 rings (SSSR count). The molecule has 2 heteroatoms. The fourth-order valence-electron chi connectivity index (χ4n) is 2.04. The van der Waals surface area contributed by atoms with Gasteiger partial charge < -0.3 is 10.1 Å². The van der Waals surface area contributed by atoms with Crippen LogP contribution in [-0.2, 0) is 6.61 Å². The van der Waals surface area contributed by atoms with Gasteiger partial charge in [-0.05, 0) is 37.1 Å². The van der Waals surface area contributed by atoms with Crippen molar-refractivity contribution in [3.8, 4) is 5.75 Å². The molecular formula is C19H23NO. The number of ether oxygens (including phenoxy) is 1. The van der Waals surface area contributed by atoms with Crippen molar-refractivity contribution in [3.05, 3.63) is 77.9 Å². The van der Waals surface area contributed by atoms with Crippen molar-refractivity contribution in [2.45, 2.75) is 26.5 Å². The number of hydrogen-bond acceptors (Lipinski definition) is 2. The molecule has 2 aromatic rings. The molecule has 0 spiro atoms. The lowest BCUT2D eigenvalue weighted by Gasteiger charge is -2.15. The van der Waals surface area contributed by atoms with Crippen LogP contribution in [0.15, 0.2) is 66.7 Å². The summed E-state index contributed by atoms with van der Waals surface area (Å²) >= 11 is 0. The van der Waals surface area contributed by atoms with Crippen LogP contribution in [0.4, 0.5) is 0 Å². The highest BCUT2D eigenvalue weighted by Crippen LogP contribution is 2.18. The molecule has 0 aromatic heterocycles. The zero-order valence-electron chi connectivity index (χ0n) is 12.8. The van der Waals surface area contributed by atoms with E-state index in [9.17, 15) is 0 Å². The second-order valence-electron chi connectivity index (χ2n) is 5.40. The lowest BCUT2D eigenvalue weighted by atomic mass is 10.1. The normalized spacial score (nSPS) is 11.9. The van der Waals surface area contributed by atoms with Gasteiger partial charge in [0.1, 0.15) is 12.4 Å². The maximum absolute atomic E-state index is 5.79. The van der Waals surface area contributed by atoms with E-state index in [2.05, 4.69) is 43.1 Å². The number of rotatable bonds is 7. The Balaban J connectivity index is 1.88. The molecule has 0 aliphatic carbocycles. The third kappa shape index (κ3) is 5.09. The van der Waals surface area contributed by atoms with Gasteiger partial charge in [0, 0.05) is 12.6 Å². The van der Waals surface area contributed by atoms with Crippen LogP contribution in [0.1, 0.15) is 31.0 Å². The standard InChI is InChI=1S/C19H23NO/c1-15(2)13-20-16(3)18-9-11-19(12-10-18)21-14-17-7-5-4-6-8-17/h4-12,16,20H,1,13-14H2,2-3H3. The summed E-state index contributed by atoms with van der Waals surface area (Å²) in [5.74, 6) is 0.898. The van der Waals surface area contributed by atoms with Gasteiger partial charge in [-0.1, -0.05) is 54.6 Å². The average molecular weight is 281 g/mol. The van der Waals surface area contributed by atoms with Crippen LogP contribution in [0.2, 0.25) is 0 Å². The zero-order valence-corrected chi connectivity index (χ0v) is 12.8. The Morgan fingerprint density at radius 2 is 1.76 bits per heavy atom. The summed E-state index contributed by atoms with van der Waals surface area (Å²) in [6.07, 6.45) is 0. The van der Waals surface area contributed by atoms with Gasteiger partial charge in [0.15, 0.2) is 0 Å². The molecule has 1 N–H and O–H groups in total. The summed E-state index contributed by atoms with van der Waals surface area (Å²) in [5, 5.41) is 3.44. The largest absolute Gasteiger partial charge is 0.489 e. The minimum atomic E-state index is 0.310. The van der Waals surface area contributed by atoms with Crippen molar-refractivity contribution in [1.82, 2.24) is 5.32 Å². The average Bonchev–Trinajstić information content (AvgIpc) is 2.52. The zero-order chi connectivity index (χ0) is 15.1. The predicted octanol–water partition coefficient (Wildman–Crippen LogP) is 4.49. The first kappa shape index (κ1) is 15.3. The monoisotopic (exact) mass is 281 g/mol. The van der Waals surface area contributed by atoms with Crippen LogP contribution < -0.4 is 10.1 Å². The molecular weight excluding hydrogens is 258 g/mol. The van der Waals surface area contributed by atoms with Crippen LogP contribution in [0.5, 0.6) is 5.75 Å². The summed E-state index contributed by atoms with van der Waals surface area (Å²) in [4.78, 5) is 0. The van der Waals surface area contributed by atoms with Gasteiger partial charge in [0.25, 0.3) is 0 Å². The van der Waals surface area contributed by atoms with Crippen molar-refractivity contribution >= 4 is 0 Å². The first-order chi connectivity index (χ1) is 10.1. The third-order valence-corrected chi connectivity index (χ3v) is 3.34. The van der Waals surface area contributed by atoms with Crippen molar-refractivity contribution in [3.63, 3.8) is 0 Å². The molecule has 2 aromatic carbocycles. The van der Waals surface area contributed by atoms with E-state index in [1.165, 1.54) is 11.1 Å². The number of hydrogen-bond donors (Lipinski definition) is 1. The number of benzene rings is 2. The topological polar surface area (TPSA) is 21.3 Å². The molecule has 0 radical (unpaired) electrons. The summed E-state index contributed by atoms with van der Waals surface area (Å²) < 4.78 is 5.79. The van der Waals surface area contributed by atoms with E-state index in [1.807, 2.05) is 37.3 Å². The molecule has 0 saturated carbocycles. The molecule has 1 atom stereocenters.